The Bertz CT molecular complexity index is 288. The molecule has 3 heteroatoms. The largest absolute Gasteiger partial charge is 0.496 e. The normalized spacial score (nSPS) is 12.6. The number of benzene rings is 1. The predicted octanol–water partition coefficient (Wildman–Crippen LogP) is 2.71. The average molecular weight is 291 g/mol. The Kier molecular flexibility index (Phi) is 3.99. The summed E-state index contributed by atoms with van der Waals surface area (Å²) < 4.78 is 6.43. The van der Waals surface area contributed by atoms with Gasteiger partial charge in [0.2, 0.25) is 0 Å². The molecule has 0 amide bonds. The molecule has 0 radical (unpaired) electrons. The third kappa shape index (κ3) is 2.57. The van der Waals surface area contributed by atoms with E-state index < -0.39 is 0 Å². The Morgan fingerprint density at radius 3 is 2.77 bits per heavy atom. The number of methoxy groups -OCH3 is 1. The molecule has 0 saturated carbocycles. The molecule has 0 aromatic heterocycles. The summed E-state index contributed by atoms with van der Waals surface area (Å²) in [5.74, 6) is 0.884. The monoisotopic (exact) mass is 291 g/mol. The zero-order valence-corrected chi connectivity index (χ0v) is 10.0. The minimum atomic E-state index is 0.0738. The smallest absolute Gasteiger partial charge is 0.123 e. The maximum atomic E-state index is 5.96. The highest BCUT2D eigenvalue weighted by atomic mass is 127. The van der Waals surface area contributed by atoms with Crippen LogP contribution in [0.3, 0.4) is 0 Å². The number of nitrogens with two attached hydrogens (primary N) is 1. The lowest BCUT2D eigenvalue weighted by Gasteiger charge is -2.14. The molecule has 2 nitrogen and oxygen atoms in total. The van der Waals surface area contributed by atoms with E-state index in [9.17, 15) is 0 Å². The van der Waals surface area contributed by atoms with Crippen molar-refractivity contribution in [1.82, 2.24) is 0 Å². The Labute approximate surface area is 92.6 Å². The first-order chi connectivity index (χ1) is 6.19. The fourth-order valence-electron chi connectivity index (χ4n) is 1.21. The number of hydrogen-bond acceptors (Lipinski definition) is 2. The third-order valence-electron chi connectivity index (χ3n) is 2.03. The van der Waals surface area contributed by atoms with Crippen molar-refractivity contribution >= 4 is 22.6 Å². The molecule has 0 aliphatic rings. The van der Waals surface area contributed by atoms with Crippen molar-refractivity contribution in [2.45, 2.75) is 19.4 Å². The van der Waals surface area contributed by atoms with E-state index in [2.05, 4.69) is 35.6 Å². The summed E-state index contributed by atoms with van der Waals surface area (Å²) in [4.78, 5) is 0. The van der Waals surface area contributed by atoms with Crippen LogP contribution in [0.4, 0.5) is 0 Å². The van der Waals surface area contributed by atoms with Gasteiger partial charge in [0.05, 0.1) is 7.11 Å². The third-order valence-corrected chi connectivity index (χ3v) is 2.70. The van der Waals surface area contributed by atoms with E-state index >= 15 is 0 Å². The van der Waals surface area contributed by atoms with E-state index in [1.807, 2.05) is 12.1 Å². The number of halogens is 1. The van der Waals surface area contributed by atoms with Crippen LogP contribution in [-0.4, -0.2) is 7.11 Å². The second kappa shape index (κ2) is 4.81. The summed E-state index contributed by atoms with van der Waals surface area (Å²) in [7, 11) is 1.67. The van der Waals surface area contributed by atoms with Gasteiger partial charge in [0.1, 0.15) is 5.75 Å². The van der Waals surface area contributed by atoms with Crippen molar-refractivity contribution in [3.05, 3.63) is 27.3 Å². The summed E-state index contributed by atoms with van der Waals surface area (Å²) in [6, 6.07) is 6.13. The molecule has 0 heterocycles. The van der Waals surface area contributed by atoms with Crippen molar-refractivity contribution in [3.63, 3.8) is 0 Å². The molecule has 1 atom stereocenters. The van der Waals surface area contributed by atoms with Crippen LogP contribution in [0.25, 0.3) is 0 Å². The molecule has 0 spiro atoms. The quantitative estimate of drug-likeness (QED) is 0.869. The van der Waals surface area contributed by atoms with E-state index in [1.165, 1.54) is 3.57 Å². The SMILES string of the molecule is CC[C@@H](N)c1cc(I)ccc1OC. The number of hydrogen-bond donors (Lipinski definition) is 1. The minimum Gasteiger partial charge on any atom is -0.496 e. The van der Waals surface area contributed by atoms with Crippen LogP contribution in [0.5, 0.6) is 5.75 Å². The fraction of sp³-hybridized carbons (Fsp3) is 0.400. The fourth-order valence-corrected chi connectivity index (χ4v) is 1.73. The van der Waals surface area contributed by atoms with Crippen molar-refractivity contribution in [3.8, 4) is 5.75 Å². The van der Waals surface area contributed by atoms with Gasteiger partial charge >= 0.3 is 0 Å². The second-order valence-electron chi connectivity index (χ2n) is 2.90. The van der Waals surface area contributed by atoms with Crippen molar-refractivity contribution in [1.29, 1.82) is 0 Å². The number of ether oxygens (including phenoxy) is 1. The number of rotatable bonds is 3. The first kappa shape index (κ1) is 10.8. The van der Waals surface area contributed by atoms with E-state index in [0.29, 0.717) is 0 Å². The molecule has 1 aromatic rings. The van der Waals surface area contributed by atoms with Gasteiger partial charge in [-0.3, -0.25) is 0 Å². The minimum absolute atomic E-state index is 0.0738. The zero-order valence-electron chi connectivity index (χ0n) is 7.88. The molecular formula is C10H14INO. The Morgan fingerprint density at radius 1 is 1.54 bits per heavy atom. The molecule has 13 heavy (non-hydrogen) atoms. The lowest BCUT2D eigenvalue weighted by Crippen LogP contribution is -2.10. The molecule has 0 fully saturated rings. The standard InChI is InChI=1S/C10H14INO/c1-3-9(12)8-6-7(11)4-5-10(8)13-2/h4-6,9H,3,12H2,1-2H3/t9-/m1/s1. The average Bonchev–Trinajstić information content (AvgIpc) is 2.16. The van der Waals surface area contributed by atoms with Crippen molar-refractivity contribution in [2.75, 3.05) is 7.11 Å². The summed E-state index contributed by atoms with van der Waals surface area (Å²) in [6.45, 7) is 2.07. The molecule has 2 N–H and O–H groups in total. The van der Waals surface area contributed by atoms with E-state index in [0.717, 1.165) is 17.7 Å². The molecule has 0 unspecified atom stereocenters. The van der Waals surface area contributed by atoms with Gasteiger partial charge in [0.15, 0.2) is 0 Å². The molecule has 0 aliphatic heterocycles. The van der Waals surface area contributed by atoms with Crippen LogP contribution in [0.15, 0.2) is 18.2 Å². The van der Waals surface area contributed by atoms with Gasteiger partial charge in [-0.1, -0.05) is 6.92 Å². The molecular weight excluding hydrogens is 277 g/mol. The van der Waals surface area contributed by atoms with Gasteiger partial charge in [0.25, 0.3) is 0 Å². The highest BCUT2D eigenvalue weighted by Gasteiger charge is 2.09. The molecule has 1 rings (SSSR count). The predicted molar refractivity (Wildman–Crippen MR) is 62.9 cm³/mol. The van der Waals surface area contributed by atoms with Gasteiger partial charge in [0, 0.05) is 15.2 Å². The first-order valence-electron chi connectivity index (χ1n) is 4.28. The van der Waals surface area contributed by atoms with Crippen molar-refractivity contribution in [2.24, 2.45) is 5.73 Å². The maximum absolute atomic E-state index is 5.96. The highest BCUT2D eigenvalue weighted by molar-refractivity contribution is 14.1. The molecule has 0 bridgehead atoms. The van der Waals surface area contributed by atoms with E-state index in [4.69, 9.17) is 10.5 Å². The summed E-state index contributed by atoms with van der Waals surface area (Å²) in [6.07, 6.45) is 0.927. The van der Waals surface area contributed by atoms with Crippen molar-refractivity contribution < 1.29 is 4.74 Å². The van der Waals surface area contributed by atoms with Crippen LogP contribution in [0.1, 0.15) is 24.9 Å². The van der Waals surface area contributed by atoms with Crippen LogP contribution in [-0.2, 0) is 0 Å². The second-order valence-corrected chi connectivity index (χ2v) is 4.15. The molecule has 1 aromatic carbocycles. The Hall–Kier alpha value is -0.290. The molecule has 0 saturated heterocycles. The maximum Gasteiger partial charge on any atom is 0.123 e. The summed E-state index contributed by atoms with van der Waals surface area (Å²) in [5, 5.41) is 0. The van der Waals surface area contributed by atoms with E-state index in [-0.39, 0.29) is 6.04 Å². The van der Waals surface area contributed by atoms with Gasteiger partial charge in [-0.05, 0) is 47.2 Å². The van der Waals surface area contributed by atoms with Crippen LogP contribution < -0.4 is 10.5 Å². The Balaban J connectivity index is 3.07. The van der Waals surface area contributed by atoms with Gasteiger partial charge in [-0.15, -0.1) is 0 Å². The van der Waals surface area contributed by atoms with Crippen LogP contribution in [0.2, 0.25) is 0 Å². The highest BCUT2D eigenvalue weighted by Crippen LogP contribution is 2.27. The summed E-state index contributed by atoms with van der Waals surface area (Å²) >= 11 is 2.28. The molecule has 72 valence electrons. The van der Waals surface area contributed by atoms with Crippen LogP contribution in [0, 0.1) is 3.57 Å². The van der Waals surface area contributed by atoms with Gasteiger partial charge in [-0.2, -0.15) is 0 Å². The topological polar surface area (TPSA) is 35.2 Å². The van der Waals surface area contributed by atoms with E-state index in [1.54, 1.807) is 7.11 Å². The Morgan fingerprint density at radius 2 is 2.23 bits per heavy atom. The zero-order chi connectivity index (χ0) is 9.84. The van der Waals surface area contributed by atoms with Gasteiger partial charge in [-0.25, -0.2) is 0 Å². The first-order valence-corrected chi connectivity index (χ1v) is 5.36. The van der Waals surface area contributed by atoms with Gasteiger partial charge < -0.3 is 10.5 Å². The lowest BCUT2D eigenvalue weighted by molar-refractivity contribution is 0.405. The summed E-state index contributed by atoms with van der Waals surface area (Å²) in [5.41, 5.74) is 7.05. The lowest BCUT2D eigenvalue weighted by atomic mass is 10.0. The molecule has 0 aliphatic carbocycles. The van der Waals surface area contributed by atoms with Crippen LogP contribution >= 0.6 is 22.6 Å².